The number of hydrogen-bond donors (Lipinski definition) is 4. The number of carbonyl (C=O) groups is 1. The fourth-order valence-electron chi connectivity index (χ4n) is 6.41. The van der Waals surface area contributed by atoms with Crippen LogP contribution in [-0.2, 0) is 30.6 Å². The summed E-state index contributed by atoms with van der Waals surface area (Å²) in [6.45, 7) is 2.31. The molecule has 1 fully saturated rings. The molecule has 1 aliphatic heterocycles. The Morgan fingerprint density at radius 1 is 0.860 bits per heavy atom. The van der Waals surface area contributed by atoms with Crippen molar-refractivity contribution < 1.29 is 4.79 Å². The lowest BCUT2D eigenvalue weighted by Gasteiger charge is -2.26. The smallest absolute Gasteiger partial charge is 0.224 e. The van der Waals surface area contributed by atoms with E-state index in [2.05, 4.69) is 104 Å². The fourth-order valence-corrected chi connectivity index (χ4v) is 6.41. The molecule has 4 heterocycles. The molecule has 4 N–H and O–H groups in total. The molecule has 8 nitrogen and oxygen atoms in total. The molecule has 8 heteroatoms. The molecule has 3 aromatic heterocycles. The van der Waals surface area contributed by atoms with Crippen molar-refractivity contribution in [2.24, 2.45) is 5.92 Å². The summed E-state index contributed by atoms with van der Waals surface area (Å²) in [6, 6.07) is 26.8. The maximum Gasteiger partial charge on any atom is 0.224 e. The van der Waals surface area contributed by atoms with Crippen LogP contribution in [0.5, 0.6) is 0 Å². The van der Waals surface area contributed by atoms with E-state index < -0.39 is 0 Å². The van der Waals surface area contributed by atoms with Gasteiger partial charge in [-0.05, 0) is 54.6 Å². The SMILES string of the molecule is O=C(NC(Cc1c[nH]c2ccccc12)c1nnc(CCc2c[nH]c3ccccc23)n1Cc1ccccc1)C1CCCNC1. The first-order valence-corrected chi connectivity index (χ1v) is 15.3. The highest BCUT2D eigenvalue weighted by Gasteiger charge is 2.28. The van der Waals surface area contributed by atoms with Gasteiger partial charge in [-0.15, -0.1) is 10.2 Å². The second-order valence-electron chi connectivity index (χ2n) is 11.6. The number of para-hydroxylation sites is 2. The molecule has 43 heavy (non-hydrogen) atoms. The monoisotopic (exact) mass is 571 g/mol. The molecular formula is C35H37N7O. The summed E-state index contributed by atoms with van der Waals surface area (Å²) in [4.78, 5) is 20.4. The maximum atomic E-state index is 13.6. The van der Waals surface area contributed by atoms with Crippen molar-refractivity contribution in [2.45, 2.75) is 44.7 Å². The summed E-state index contributed by atoms with van der Waals surface area (Å²) in [6.07, 6.45) is 8.25. The van der Waals surface area contributed by atoms with Gasteiger partial charge in [0.05, 0.1) is 18.5 Å². The van der Waals surface area contributed by atoms with Crippen LogP contribution in [0.15, 0.2) is 91.3 Å². The zero-order valence-electron chi connectivity index (χ0n) is 24.2. The van der Waals surface area contributed by atoms with Crippen molar-refractivity contribution >= 4 is 27.7 Å². The minimum absolute atomic E-state index is 0.0499. The Hall–Kier alpha value is -4.69. The number of fused-ring (bicyclic) bond motifs is 2. The molecule has 0 radical (unpaired) electrons. The first-order valence-electron chi connectivity index (χ1n) is 15.3. The van der Waals surface area contributed by atoms with Crippen LogP contribution < -0.4 is 10.6 Å². The molecule has 1 aliphatic rings. The van der Waals surface area contributed by atoms with Gasteiger partial charge in [-0.1, -0.05) is 66.7 Å². The van der Waals surface area contributed by atoms with Crippen LogP contribution in [-0.4, -0.2) is 43.7 Å². The highest BCUT2D eigenvalue weighted by atomic mass is 16.2. The third-order valence-corrected chi connectivity index (χ3v) is 8.73. The van der Waals surface area contributed by atoms with Crippen molar-refractivity contribution in [2.75, 3.05) is 13.1 Å². The van der Waals surface area contributed by atoms with E-state index in [0.29, 0.717) is 19.5 Å². The summed E-state index contributed by atoms with van der Waals surface area (Å²) >= 11 is 0. The Morgan fingerprint density at radius 3 is 2.30 bits per heavy atom. The lowest BCUT2D eigenvalue weighted by atomic mass is 9.97. The van der Waals surface area contributed by atoms with E-state index in [1.807, 2.05) is 12.1 Å². The minimum Gasteiger partial charge on any atom is -0.361 e. The van der Waals surface area contributed by atoms with E-state index in [1.54, 1.807) is 0 Å². The number of H-pyrrole nitrogens is 2. The van der Waals surface area contributed by atoms with Crippen LogP contribution in [0.25, 0.3) is 21.8 Å². The van der Waals surface area contributed by atoms with Gasteiger partial charge in [0.15, 0.2) is 5.82 Å². The molecule has 218 valence electrons. The number of aromatic nitrogens is 5. The molecule has 0 bridgehead atoms. The molecule has 0 saturated carbocycles. The molecule has 1 saturated heterocycles. The predicted molar refractivity (Wildman–Crippen MR) is 170 cm³/mol. The molecule has 1 amide bonds. The summed E-state index contributed by atoms with van der Waals surface area (Å²) in [5, 5.41) is 18.8. The third kappa shape index (κ3) is 5.83. The van der Waals surface area contributed by atoms with Crippen LogP contribution in [0.4, 0.5) is 0 Å². The predicted octanol–water partition coefficient (Wildman–Crippen LogP) is 5.47. The van der Waals surface area contributed by atoms with Gasteiger partial charge in [-0.3, -0.25) is 4.79 Å². The molecule has 2 atom stereocenters. The molecule has 0 aliphatic carbocycles. The molecule has 0 spiro atoms. The van der Waals surface area contributed by atoms with E-state index in [-0.39, 0.29) is 17.9 Å². The third-order valence-electron chi connectivity index (χ3n) is 8.73. The summed E-state index contributed by atoms with van der Waals surface area (Å²) in [7, 11) is 0. The zero-order chi connectivity index (χ0) is 29.0. The van der Waals surface area contributed by atoms with E-state index in [0.717, 1.165) is 65.9 Å². The Labute approximate surface area is 250 Å². The fraction of sp³-hybridized carbons (Fsp3) is 0.286. The van der Waals surface area contributed by atoms with E-state index in [4.69, 9.17) is 10.2 Å². The van der Waals surface area contributed by atoms with Crippen LogP contribution in [0.1, 0.15) is 47.2 Å². The van der Waals surface area contributed by atoms with Crippen molar-refractivity contribution in [1.82, 2.24) is 35.4 Å². The van der Waals surface area contributed by atoms with Gasteiger partial charge in [-0.2, -0.15) is 0 Å². The number of rotatable bonds is 10. The lowest BCUT2D eigenvalue weighted by molar-refractivity contribution is -0.126. The van der Waals surface area contributed by atoms with Crippen LogP contribution in [0, 0.1) is 5.92 Å². The number of hydrogen-bond acceptors (Lipinski definition) is 4. The van der Waals surface area contributed by atoms with Gasteiger partial charge in [0, 0.05) is 53.6 Å². The minimum atomic E-state index is -0.327. The first kappa shape index (κ1) is 27.2. The topological polar surface area (TPSA) is 103 Å². The summed E-state index contributed by atoms with van der Waals surface area (Å²) in [5.41, 5.74) is 5.81. The van der Waals surface area contributed by atoms with E-state index in [9.17, 15) is 4.79 Å². The van der Waals surface area contributed by atoms with Crippen molar-refractivity contribution in [3.63, 3.8) is 0 Å². The van der Waals surface area contributed by atoms with Gasteiger partial charge in [0.2, 0.25) is 5.91 Å². The largest absolute Gasteiger partial charge is 0.361 e. The average Bonchev–Trinajstić information content (AvgIpc) is 3.78. The standard InChI is InChI=1S/C35H37N7O/c43-35(26-11-8-18-36-20-26)39-32(19-27-22-38-31-15-7-5-13-29(27)31)34-41-40-33(42(34)23-24-9-2-1-3-10-24)17-16-25-21-37-30-14-6-4-12-28(25)30/h1-7,9-10,12-15,21-22,26,32,36-38H,8,11,16-20,23H2,(H,39,43). The zero-order valence-corrected chi connectivity index (χ0v) is 24.2. The number of nitrogens with zero attached hydrogens (tertiary/aromatic N) is 3. The number of piperidine rings is 1. The van der Waals surface area contributed by atoms with Crippen LogP contribution in [0.2, 0.25) is 0 Å². The molecule has 6 aromatic rings. The lowest BCUT2D eigenvalue weighted by Crippen LogP contribution is -2.42. The Balaban J connectivity index is 1.24. The number of nitrogens with one attached hydrogen (secondary N) is 4. The number of aromatic amines is 2. The number of benzene rings is 3. The molecule has 2 unspecified atom stereocenters. The second kappa shape index (κ2) is 12.3. The normalized spacial score (nSPS) is 16.0. The van der Waals surface area contributed by atoms with Crippen molar-refractivity contribution in [1.29, 1.82) is 0 Å². The number of carbonyl (C=O) groups excluding carboxylic acids is 1. The molecular weight excluding hydrogens is 534 g/mol. The number of amides is 1. The maximum absolute atomic E-state index is 13.6. The first-order chi connectivity index (χ1) is 21.2. The van der Waals surface area contributed by atoms with Crippen molar-refractivity contribution in [3.05, 3.63) is 120 Å². The average molecular weight is 572 g/mol. The van der Waals surface area contributed by atoms with E-state index in [1.165, 1.54) is 16.5 Å². The second-order valence-corrected chi connectivity index (χ2v) is 11.6. The number of aryl methyl sites for hydroxylation is 2. The van der Waals surface area contributed by atoms with Gasteiger partial charge in [0.25, 0.3) is 0 Å². The highest BCUT2D eigenvalue weighted by molar-refractivity contribution is 5.84. The summed E-state index contributed by atoms with van der Waals surface area (Å²) < 4.78 is 2.23. The Morgan fingerprint density at radius 2 is 1.56 bits per heavy atom. The quantitative estimate of drug-likeness (QED) is 0.175. The van der Waals surface area contributed by atoms with Crippen LogP contribution >= 0.6 is 0 Å². The van der Waals surface area contributed by atoms with Gasteiger partial charge in [0.1, 0.15) is 5.82 Å². The van der Waals surface area contributed by atoms with Gasteiger partial charge in [-0.25, -0.2) is 0 Å². The summed E-state index contributed by atoms with van der Waals surface area (Å²) in [5.74, 6) is 1.74. The van der Waals surface area contributed by atoms with Gasteiger partial charge >= 0.3 is 0 Å². The molecule has 7 rings (SSSR count). The Kier molecular flexibility index (Phi) is 7.75. The van der Waals surface area contributed by atoms with Gasteiger partial charge < -0.3 is 25.2 Å². The van der Waals surface area contributed by atoms with Crippen molar-refractivity contribution in [3.8, 4) is 0 Å². The highest BCUT2D eigenvalue weighted by Crippen LogP contribution is 2.27. The van der Waals surface area contributed by atoms with Crippen LogP contribution in [0.3, 0.4) is 0 Å². The molecule has 3 aromatic carbocycles. The van der Waals surface area contributed by atoms with E-state index >= 15 is 0 Å². The Bertz CT molecular complexity index is 1830.